The van der Waals surface area contributed by atoms with Crippen molar-refractivity contribution in [2.24, 2.45) is 0 Å². The number of aryl methyl sites for hydroxylation is 1. The van der Waals surface area contributed by atoms with Gasteiger partial charge in [0, 0.05) is 5.69 Å². The van der Waals surface area contributed by atoms with E-state index in [2.05, 4.69) is 15.3 Å². The first-order chi connectivity index (χ1) is 13.1. The highest BCUT2D eigenvalue weighted by molar-refractivity contribution is 5.90. The van der Waals surface area contributed by atoms with E-state index in [1.165, 1.54) is 6.33 Å². The van der Waals surface area contributed by atoms with E-state index in [4.69, 9.17) is 15.2 Å². The van der Waals surface area contributed by atoms with E-state index in [0.717, 1.165) is 11.3 Å². The van der Waals surface area contributed by atoms with Gasteiger partial charge in [-0.15, -0.1) is 0 Å². The number of nitrogens with one attached hydrogen (secondary N) is 1. The maximum absolute atomic E-state index is 11.7. The zero-order valence-electron chi connectivity index (χ0n) is 15.1. The fourth-order valence-electron chi connectivity index (χ4n) is 2.32. The summed E-state index contributed by atoms with van der Waals surface area (Å²) in [5.41, 5.74) is 8.75. The van der Waals surface area contributed by atoms with E-state index in [0.29, 0.717) is 23.7 Å². The summed E-state index contributed by atoms with van der Waals surface area (Å²) < 4.78 is 10.7. The van der Waals surface area contributed by atoms with E-state index >= 15 is 0 Å². The molecule has 0 radical (unpaired) electrons. The van der Waals surface area contributed by atoms with Crippen molar-refractivity contribution in [1.29, 1.82) is 0 Å². The Morgan fingerprint density at radius 3 is 2.44 bits per heavy atom. The van der Waals surface area contributed by atoms with Crippen molar-refractivity contribution in [3.63, 3.8) is 0 Å². The lowest BCUT2D eigenvalue weighted by Crippen LogP contribution is -2.05. The lowest BCUT2D eigenvalue weighted by Gasteiger charge is -2.12. The Labute approximate surface area is 157 Å². The van der Waals surface area contributed by atoms with Gasteiger partial charge in [0.25, 0.3) is 0 Å². The highest BCUT2D eigenvalue weighted by Gasteiger charge is 2.11. The van der Waals surface area contributed by atoms with Gasteiger partial charge in [-0.3, -0.25) is 0 Å². The number of hydrogen-bond donors (Lipinski definition) is 2. The zero-order valence-corrected chi connectivity index (χ0v) is 15.1. The van der Waals surface area contributed by atoms with Crippen molar-refractivity contribution in [2.75, 3.05) is 17.7 Å². The Kier molecular flexibility index (Phi) is 5.51. The minimum atomic E-state index is -0.362. The molecule has 3 aromatic rings. The summed E-state index contributed by atoms with van der Waals surface area (Å²) in [5, 5.41) is 3.10. The molecule has 0 aliphatic carbocycles. The molecule has 0 aliphatic rings. The van der Waals surface area contributed by atoms with Gasteiger partial charge < -0.3 is 20.5 Å². The summed E-state index contributed by atoms with van der Waals surface area (Å²) in [7, 11) is 0. The van der Waals surface area contributed by atoms with Gasteiger partial charge >= 0.3 is 5.97 Å². The van der Waals surface area contributed by atoms with E-state index < -0.39 is 0 Å². The Morgan fingerprint density at radius 1 is 1.07 bits per heavy atom. The van der Waals surface area contributed by atoms with Crippen molar-refractivity contribution in [3.05, 3.63) is 66.0 Å². The van der Waals surface area contributed by atoms with Gasteiger partial charge in [0.2, 0.25) is 5.88 Å². The number of nitrogen functional groups attached to an aromatic ring is 1. The second kappa shape index (κ2) is 8.18. The molecule has 0 aliphatic heterocycles. The monoisotopic (exact) mass is 364 g/mol. The highest BCUT2D eigenvalue weighted by Crippen LogP contribution is 2.31. The van der Waals surface area contributed by atoms with Gasteiger partial charge in [-0.05, 0) is 50.2 Å². The number of carbonyl (C=O) groups excluding carboxylic acids is 1. The van der Waals surface area contributed by atoms with Crippen molar-refractivity contribution < 1.29 is 14.3 Å². The number of anilines is 3. The van der Waals surface area contributed by atoms with Crippen LogP contribution >= 0.6 is 0 Å². The second-order valence-electron chi connectivity index (χ2n) is 5.78. The average molecular weight is 364 g/mol. The Bertz CT molecular complexity index is 925. The molecule has 1 heterocycles. The van der Waals surface area contributed by atoms with Gasteiger partial charge in [-0.2, -0.15) is 4.98 Å². The van der Waals surface area contributed by atoms with Crippen LogP contribution in [0.2, 0.25) is 0 Å². The standard InChI is InChI=1S/C20H20N4O3/c1-3-26-20(25)14-6-8-15(9-7-14)24-18-17(21)19(23-12-22-18)27-16-10-4-13(2)5-11-16/h4-12H,3,21H2,1-2H3,(H,22,23,24). The fraction of sp³-hybridized carbons (Fsp3) is 0.150. The first-order valence-electron chi connectivity index (χ1n) is 8.46. The van der Waals surface area contributed by atoms with E-state index in [1.807, 2.05) is 31.2 Å². The predicted octanol–water partition coefficient (Wildman–Crippen LogP) is 4.08. The number of benzene rings is 2. The number of nitrogens with zero attached hydrogens (tertiary/aromatic N) is 2. The van der Waals surface area contributed by atoms with Crippen LogP contribution in [0.3, 0.4) is 0 Å². The van der Waals surface area contributed by atoms with Crippen LogP contribution < -0.4 is 15.8 Å². The minimum absolute atomic E-state index is 0.263. The molecule has 138 valence electrons. The topological polar surface area (TPSA) is 99.4 Å². The molecule has 2 aromatic carbocycles. The molecule has 0 amide bonds. The van der Waals surface area contributed by atoms with Crippen LogP contribution in [0.1, 0.15) is 22.8 Å². The number of carbonyl (C=O) groups is 1. The molecular formula is C20H20N4O3. The van der Waals surface area contributed by atoms with Crippen LogP contribution in [0.4, 0.5) is 17.2 Å². The average Bonchev–Trinajstić information content (AvgIpc) is 2.67. The third kappa shape index (κ3) is 4.52. The number of nitrogens with two attached hydrogens (primary N) is 1. The summed E-state index contributed by atoms with van der Waals surface area (Å²) in [6.45, 7) is 4.10. The molecule has 0 saturated carbocycles. The van der Waals surface area contributed by atoms with E-state index in [9.17, 15) is 4.79 Å². The lowest BCUT2D eigenvalue weighted by atomic mass is 10.2. The fourth-order valence-corrected chi connectivity index (χ4v) is 2.32. The van der Waals surface area contributed by atoms with Gasteiger partial charge in [-0.1, -0.05) is 17.7 Å². The Morgan fingerprint density at radius 2 is 1.78 bits per heavy atom. The van der Waals surface area contributed by atoms with Gasteiger partial charge in [0.05, 0.1) is 12.2 Å². The summed E-state index contributed by atoms with van der Waals surface area (Å²) in [4.78, 5) is 20.0. The maximum atomic E-state index is 11.7. The number of hydrogen-bond acceptors (Lipinski definition) is 7. The first kappa shape index (κ1) is 18.2. The molecular weight excluding hydrogens is 344 g/mol. The van der Waals surface area contributed by atoms with Crippen LogP contribution in [0.5, 0.6) is 11.6 Å². The minimum Gasteiger partial charge on any atom is -0.462 e. The van der Waals surface area contributed by atoms with Gasteiger partial charge in [0.1, 0.15) is 17.8 Å². The normalized spacial score (nSPS) is 10.3. The molecule has 0 saturated heterocycles. The molecule has 1 aromatic heterocycles. The first-order valence-corrected chi connectivity index (χ1v) is 8.46. The quantitative estimate of drug-likeness (QED) is 0.636. The molecule has 0 fully saturated rings. The van der Waals surface area contributed by atoms with Crippen LogP contribution in [0.25, 0.3) is 0 Å². The van der Waals surface area contributed by atoms with Crippen molar-refractivity contribution in [3.8, 4) is 11.6 Å². The predicted molar refractivity (Wildman–Crippen MR) is 103 cm³/mol. The zero-order chi connectivity index (χ0) is 19.2. The molecule has 3 rings (SSSR count). The van der Waals surface area contributed by atoms with Gasteiger partial charge in [0.15, 0.2) is 5.82 Å². The van der Waals surface area contributed by atoms with Crippen LogP contribution in [-0.4, -0.2) is 22.5 Å². The lowest BCUT2D eigenvalue weighted by molar-refractivity contribution is 0.0526. The number of ether oxygens (including phenoxy) is 2. The maximum Gasteiger partial charge on any atom is 0.338 e. The van der Waals surface area contributed by atoms with Crippen LogP contribution in [0.15, 0.2) is 54.9 Å². The number of esters is 1. The van der Waals surface area contributed by atoms with Crippen molar-refractivity contribution >= 4 is 23.2 Å². The molecule has 27 heavy (non-hydrogen) atoms. The second-order valence-corrected chi connectivity index (χ2v) is 5.78. The number of aromatic nitrogens is 2. The third-order valence-corrected chi connectivity index (χ3v) is 3.74. The molecule has 0 atom stereocenters. The van der Waals surface area contributed by atoms with E-state index in [1.54, 1.807) is 31.2 Å². The van der Waals surface area contributed by atoms with Crippen molar-refractivity contribution in [1.82, 2.24) is 9.97 Å². The summed E-state index contributed by atoms with van der Waals surface area (Å²) in [6, 6.07) is 14.4. The molecule has 7 heteroatoms. The Balaban J connectivity index is 1.75. The summed E-state index contributed by atoms with van der Waals surface area (Å²) >= 11 is 0. The highest BCUT2D eigenvalue weighted by atomic mass is 16.5. The molecule has 0 bridgehead atoms. The molecule has 0 spiro atoms. The third-order valence-electron chi connectivity index (χ3n) is 3.74. The summed E-state index contributed by atoms with van der Waals surface area (Å²) in [6.07, 6.45) is 1.37. The van der Waals surface area contributed by atoms with Gasteiger partial charge in [-0.25, -0.2) is 9.78 Å². The summed E-state index contributed by atoms with van der Waals surface area (Å²) in [5.74, 6) is 0.950. The largest absolute Gasteiger partial charge is 0.462 e. The van der Waals surface area contributed by atoms with Crippen molar-refractivity contribution in [2.45, 2.75) is 13.8 Å². The Hall–Kier alpha value is -3.61. The SMILES string of the molecule is CCOC(=O)c1ccc(Nc2ncnc(Oc3ccc(C)cc3)c2N)cc1. The molecule has 3 N–H and O–H groups in total. The smallest absolute Gasteiger partial charge is 0.338 e. The van der Waals surface area contributed by atoms with Crippen LogP contribution in [-0.2, 0) is 4.74 Å². The molecule has 0 unspecified atom stereocenters. The molecule has 7 nitrogen and oxygen atoms in total. The van der Waals surface area contributed by atoms with E-state index in [-0.39, 0.29) is 17.5 Å². The number of rotatable bonds is 6. The van der Waals surface area contributed by atoms with Crippen LogP contribution in [0, 0.1) is 6.92 Å².